The summed E-state index contributed by atoms with van der Waals surface area (Å²) in [5.41, 5.74) is 1.56. The molecule has 0 saturated carbocycles. The molecule has 1 heterocycles. The molecule has 3 aromatic rings. The van der Waals surface area contributed by atoms with Crippen molar-refractivity contribution in [2.75, 3.05) is 18.0 Å². The maximum absolute atomic E-state index is 13.0. The highest BCUT2D eigenvalue weighted by molar-refractivity contribution is 7.92. The standard InChI is InChI=1S/C22H22N2O5S2/c1-16-8-10-18(11-9-16)24(2)31(27,28)20-7-3-5-17(13-20)22(26)29-15-21(25)23-14-19-6-4-12-30-19/h3-13H,14-15H2,1-2H3,(H,23,25). The van der Waals surface area contributed by atoms with Gasteiger partial charge in [-0.25, -0.2) is 13.2 Å². The number of ether oxygens (including phenoxy) is 1. The van der Waals surface area contributed by atoms with Gasteiger partial charge < -0.3 is 10.1 Å². The smallest absolute Gasteiger partial charge is 0.338 e. The number of nitrogens with one attached hydrogen (secondary N) is 1. The summed E-state index contributed by atoms with van der Waals surface area (Å²) in [4.78, 5) is 25.1. The molecule has 0 radical (unpaired) electrons. The summed E-state index contributed by atoms with van der Waals surface area (Å²) in [5, 5.41) is 4.56. The van der Waals surface area contributed by atoms with Gasteiger partial charge in [0, 0.05) is 11.9 Å². The Kier molecular flexibility index (Phi) is 7.09. The number of hydrogen-bond donors (Lipinski definition) is 1. The first-order chi connectivity index (χ1) is 14.8. The van der Waals surface area contributed by atoms with Crippen molar-refractivity contribution < 1.29 is 22.7 Å². The van der Waals surface area contributed by atoms with Crippen LogP contribution in [0.2, 0.25) is 0 Å². The number of esters is 1. The number of carbonyl (C=O) groups is 2. The summed E-state index contributed by atoms with van der Waals surface area (Å²) >= 11 is 1.51. The molecule has 2 aromatic carbocycles. The minimum Gasteiger partial charge on any atom is -0.452 e. The summed E-state index contributed by atoms with van der Waals surface area (Å²) < 4.78 is 32.1. The van der Waals surface area contributed by atoms with Crippen LogP contribution in [0.15, 0.2) is 70.9 Å². The molecule has 0 spiro atoms. The zero-order valence-electron chi connectivity index (χ0n) is 17.1. The SMILES string of the molecule is Cc1ccc(N(C)S(=O)(=O)c2cccc(C(=O)OCC(=O)NCc3cccs3)c2)cc1. The van der Waals surface area contributed by atoms with Crippen molar-refractivity contribution in [3.63, 3.8) is 0 Å². The van der Waals surface area contributed by atoms with Crippen molar-refractivity contribution in [1.29, 1.82) is 0 Å². The summed E-state index contributed by atoms with van der Waals surface area (Å²) in [5.74, 6) is -1.22. The number of anilines is 1. The van der Waals surface area contributed by atoms with Gasteiger partial charge in [0.1, 0.15) is 0 Å². The molecule has 0 aliphatic carbocycles. The van der Waals surface area contributed by atoms with Crippen molar-refractivity contribution in [3.05, 3.63) is 82.0 Å². The van der Waals surface area contributed by atoms with Crippen molar-refractivity contribution >= 4 is 38.9 Å². The number of nitrogens with zero attached hydrogens (tertiary/aromatic N) is 1. The van der Waals surface area contributed by atoms with E-state index in [4.69, 9.17) is 4.74 Å². The molecule has 0 saturated heterocycles. The predicted octanol–water partition coefficient (Wildman–Crippen LogP) is 3.35. The van der Waals surface area contributed by atoms with E-state index in [0.29, 0.717) is 12.2 Å². The fourth-order valence-corrected chi connectivity index (χ4v) is 4.59. The van der Waals surface area contributed by atoms with Gasteiger partial charge in [-0.1, -0.05) is 29.8 Å². The highest BCUT2D eigenvalue weighted by Gasteiger charge is 2.23. The molecule has 162 valence electrons. The number of rotatable bonds is 8. The molecule has 0 bridgehead atoms. The molecular weight excluding hydrogens is 436 g/mol. The maximum atomic E-state index is 13.0. The lowest BCUT2D eigenvalue weighted by atomic mass is 10.2. The van der Waals surface area contributed by atoms with E-state index in [1.54, 1.807) is 12.1 Å². The van der Waals surface area contributed by atoms with Gasteiger partial charge in [-0.2, -0.15) is 0 Å². The first-order valence-electron chi connectivity index (χ1n) is 9.39. The molecule has 31 heavy (non-hydrogen) atoms. The molecule has 1 aromatic heterocycles. The molecule has 0 unspecified atom stereocenters. The van der Waals surface area contributed by atoms with Crippen LogP contribution in [-0.4, -0.2) is 33.9 Å². The van der Waals surface area contributed by atoms with Crippen molar-refractivity contribution in [3.8, 4) is 0 Å². The molecule has 1 amide bonds. The third kappa shape index (κ3) is 5.71. The van der Waals surface area contributed by atoms with Crippen molar-refractivity contribution in [2.24, 2.45) is 0 Å². The zero-order valence-corrected chi connectivity index (χ0v) is 18.7. The van der Waals surface area contributed by atoms with Gasteiger partial charge >= 0.3 is 5.97 Å². The molecule has 0 atom stereocenters. The molecule has 0 aliphatic heterocycles. The normalized spacial score (nSPS) is 11.0. The summed E-state index contributed by atoms with van der Waals surface area (Å²) in [7, 11) is -2.43. The van der Waals surface area contributed by atoms with Crippen molar-refractivity contribution in [2.45, 2.75) is 18.4 Å². The van der Waals surface area contributed by atoms with Gasteiger partial charge in [-0.15, -0.1) is 11.3 Å². The average molecular weight is 459 g/mol. The quantitative estimate of drug-likeness (QED) is 0.523. The molecule has 0 aliphatic rings. The van der Waals surface area contributed by atoms with E-state index in [9.17, 15) is 18.0 Å². The molecule has 1 N–H and O–H groups in total. The largest absolute Gasteiger partial charge is 0.452 e. The van der Waals surface area contributed by atoms with E-state index in [0.717, 1.165) is 14.7 Å². The highest BCUT2D eigenvalue weighted by atomic mass is 32.2. The second-order valence-electron chi connectivity index (χ2n) is 6.77. The van der Waals surface area contributed by atoms with Crippen LogP contribution in [0.1, 0.15) is 20.8 Å². The Labute approximate surface area is 185 Å². The van der Waals surface area contributed by atoms with Gasteiger partial charge in [0.05, 0.1) is 22.7 Å². The number of aryl methyl sites for hydroxylation is 1. The monoisotopic (exact) mass is 458 g/mol. The Morgan fingerprint density at radius 2 is 1.81 bits per heavy atom. The fourth-order valence-electron chi connectivity index (χ4n) is 2.70. The summed E-state index contributed by atoms with van der Waals surface area (Å²) in [6.45, 7) is 1.81. The van der Waals surface area contributed by atoms with Crippen LogP contribution in [0.4, 0.5) is 5.69 Å². The van der Waals surface area contributed by atoms with Crippen LogP contribution in [-0.2, 0) is 26.1 Å². The molecule has 9 heteroatoms. The van der Waals surface area contributed by atoms with E-state index in [1.807, 2.05) is 36.6 Å². The average Bonchev–Trinajstić information content (AvgIpc) is 3.30. The van der Waals surface area contributed by atoms with Gasteiger partial charge in [0.15, 0.2) is 6.61 Å². The molecule has 0 fully saturated rings. The zero-order chi connectivity index (χ0) is 22.4. The summed E-state index contributed by atoms with van der Waals surface area (Å²) in [6.07, 6.45) is 0. The number of sulfonamides is 1. The third-order valence-corrected chi connectivity index (χ3v) is 7.16. The number of hydrogen-bond acceptors (Lipinski definition) is 6. The number of thiophene rings is 1. The van der Waals surface area contributed by atoms with E-state index < -0.39 is 28.5 Å². The minimum atomic E-state index is -3.88. The number of carbonyl (C=O) groups excluding carboxylic acids is 2. The number of amides is 1. The van der Waals surface area contributed by atoms with Crippen molar-refractivity contribution in [1.82, 2.24) is 5.32 Å². The van der Waals surface area contributed by atoms with Gasteiger partial charge in [0.2, 0.25) is 0 Å². The van der Waals surface area contributed by atoms with Crippen LogP contribution in [0.25, 0.3) is 0 Å². The lowest BCUT2D eigenvalue weighted by molar-refractivity contribution is -0.124. The fraction of sp³-hybridized carbons (Fsp3) is 0.182. The van der Waals surface area contributed by atoms with Gasteiger partial charge in [0.25, 0.3) is 15.9 Å². The lowest BCUT2D eigenvalue weighted by Crippen LogP contribution is -2.28. The minimum absolute atomic E-state index is 0.0458. The van der Waals surface area contributed by atoms with E-state index >= 15 is 0 Å². The Bertz CT molecular complexity index is 1160. The first kappa shape index (κ1) is 22.5. The Morgan fingerprint density at radius 1 is 1.06 bits per heavy atom. The second kappa shape index (κ2) is 9.76. The molecular formula is C22H22N2O5S2. The van der Waals surface area contributed by atoms with Crippen LogP contribution in [0, 0.1) is 6.92 Å². The predicted molar refractivity (Wildman–Crippen MR) is 120 cm³/mol. The Hall–Kier alpha value is -3.17. The Morgan fingerprint density at radius 3 is 2.48 bits per heavy atom. The number of benzene rings is 2. The maximum Gasteiger partial charge on any atom is 0.338 e. The summed E-state index contributed by atoms with van der Waals surface area (Å²) in [6, 6.07) is 16.4. The van der Waals surface area contributed by atoms with Crippen LogP contribution < -0.4 is 9.62 Å². The Balaban J connectivity index is 1.65. The van der Waals surface area contributed by atoms with E-state index in [-0.39, 0.29) is 10.5 Å². The van der Waals surface area contributed by atoms with Gasteiger partial charge in [-0.3, -0.25) is 9.10 Å². The molecule has 7 nitrogen and oxygen atoms in total. The van der Waals surface area contributed by atoms with Crippen LogP contribution in [0.3, 0.4) is 0 Å². The third-order valence-electron chi connectivity index (χ3n) is 4.50. The van der Waals surface area contributed by atoms with Gasteiger partial charge in [-0.05, 0) is 48.7 Å². The lowest BCUT2D eigenvalue weighted by Gasteiger charge is -2.20. The van der Waals surface area contributed by atoms with Crippen LogP contribution >= 0.6 is 11.3 Å². The second-order valence-corrected chi connectivity index (χ2v) is 9.77. The van der Waals surface area contributed by atoms with E-state index in [1.165, 1.54) is 42.6 Å². The van der Waals surface area contributed by atoms with E-state index in [2.05, 4.69) is 5.32 Å². The first-order valence-corrected chi connectivity index (χ1v) is 11.7. The highest BCUT2D eigenvalue weighted by Crippen LogP contribution is 2.23. The molecule has 3 rings (SSSR count). The van der Waals surface area contributed by atoms with Crippen LogP contribution in [0.5, 0.6) is 0 Å². The topological polar surface area (TPSA) is 92.8 Å².